The Kier molecular flexibility index (Phi) is 6.31. The average molecular weight is 280 g/mol. The van der Waals surface area contributed by atoms with Gasteiger partial charge >= 0.3 is 0 Å². The molecular weight excluding hydrogens is 256 g/mol. The fraction of sp³-hybridized carbons (Fsp3) is 0.533. The fourth-order valence-electron chi connectivity index (χ4n) is 1.56. The number of hydrogen-bond donors (Lipinski definition) is 2. The van der Waals surface area contributed by atoms with Gasteiger partial charge in [0, 0.05) is 12.6 Å². The second-order valence-electron chi connectivity index (χ2n) is 5.08. The molecule has 3 N–H and O–H groups in total. The highest BCUT2D eigenvalue weighted by atomic mass is 16.5. The maximum absolute atomic E-state index is 11.8. The molecule has 112 valence electrons. The van der Waals surface area contributed by atoms with Crippen molar-refractivity contribution in [2.24, 2.45) is 11.7 Å². The maximum Gasteiger partial charge on any atom is 0.258 e. The Hall–Kier alpha value is -1.75. The maximum atomic E-state index is 11.8. The highest BCUT2D eigenvalue weighted by molar-refractivity contribution is 5.77. The Morgan fingerprint density at radius 3 is 2.55 bits per heavy atom. The summed E-state index contributed by atoms with van der Waals surface area (Å²) in [5.74, 6) is 1.36. The molecule has 0 aliphatic carbocycles. The van der Waals surface area contributed by atoms with Gasteiger partial charge in [-0.05, 0) is 30.5 Å². The van der Waals surface area contributed by atoms with Gasteiger partial charge in [0.25, 0.3) is 5.91 Å². The molecular formula is C15H24N2O3. The molecule has 1 amide bonds. The topological polar surface area (TPSA) is 73.6 Å². The van der Waals surface area contributed by atoms with Crippen LogP contribution < -0.4 is 20.5 Å². The van der Waals surface area contributed by atoms with Crippen LogP contribution in [-0.4, -0.2) is 25.7 Å². The van der Waals surface area contributed by atoms with Crippen molar-refractivity contribution in [3.63, 3.8) is 0 Å². The quantitative estimate of drug-likeness (QED) is 0.797. The summed E-state index contributed by atoms with van der Waals surface area (Å²) in [6, 6.07) is 5.55. The zero-order valence-corrected chi connectivity index (χ0v) is 12.6. The van der Waals surface area contributed by atoms with Gasteiger partial charge in [-0.15, -0.1) is 0 Å². The van der Waals surface area contributed by atoms with Crippen molar-refractivity contribution in [1.29, 1.82) is 0 Å². The second-order valence-corrected chi connectivity index (χ2v) is 5.08. The van der Waals surface area contributed by atoms with Gasteiger partial charge in [-0.25, -0.2) is 0 Å². The van der Waals surface area contributed by atoms with E-state index >= 15 is 0 Å². The zero-order chi connectivity index (χ0) is 15.1. The Bertz CT molecular complexity index is 447. The van der Waals surface area contributed by atoms with E-state index in [9.17, 15) is 4.79 Å². The SMILES string of the molecule is COc1cc(CN)ccc1OCC(=O)NC(C)C(C)C. The number of amides is 1. The summed E-state index contributed by atoms with van der Waals surface area (Å²) in [4.78, 5) is 11.8. The minimum absolute atomic E-state index is 0.0323. The molecule has 0 aliphatic heterocycles. The van der Waals surface area contributed by atoms with E-state index in [1.165, 1.54) is 0 Å². The smallest absolute Gasteiger partial charge is 0.258 e. The summed E-state index contributed by atoms with van der Waals surface area (Å²) in [5, 5.41) is 2.88. The summed E-state index contributed by atoms with van der Waals surface area (Å²) in [7, 11) is 1.56. The number of methoxy groups -OCH3 is 1. The van der Waals surface area contributed by atoms with E-state index in [-0.39, 0.29) is 18.6 Å². The third-order valence-electron chi connectivity index (χ3n) is 3.21. The Balaban J connectivity index is 2.59. The van der Waals surface area contributed by atoms with Crippen molar-refractivity contribution in [3.8, 4) is 11.5 Å². The third-order valence-corrected chi connectivity index (χ3v) is 3.21. The third kappa shape index (κ3) is 4.74. The lowest BCUT2D eigenvalue weighted by molar-refractivity contribution is -0.124. The van der Waals surface area contributed by atoms with Crippen LogP contribution in [0.3, 0.4) is 0 Å². The molecule has 1 rings (SSSR count). The molecule has 20 heavy (non-hydrogen) atoms. The monoisotopic (exact) mass is 280 g/mol. The number of rotatable bonds is 7. The first-order valence-corrected chi connectivity index (χ1v) is 6.77. The van der Waals surface area contributed by atoms with E-state index in [4.69, 9.17) is 15.2 Å². The molecule has 0 bridgehead atoms. The predicted octanol–water partition coefficient (Wildman–Crippen LogP) is 1.69. The Morgan fingerprint density at radius 2 is 2.00 bits per heavy atom. The molecule has 5 heteroatoms. The normalized spacial score (nSPS) is 12.1. The molecule has 0 saturated carbocycles. The summed E-state index contributed by atoms with van der Waals surface area (Å²) >= 11 is 0. The van der Waals surface area contributed by atoms with Crippen LogP contribution in [0.2, 0.25) is 0 Å². The zero-order valence-electron chi connectivity index (χ0n) is 12.6. The molecule has 0 radical (unpaired) electrons. The van der Waals surface area contributed by atoms with Gasteiger partial charge in [0.05, 0.1) is 7.11 Å². The number of benzene rings is 1. The lowest BCUT2D eigenvalue weighted by atomic mass is 10.1. The van der Waals surface area contributed by atoms with Crippen molar-refractivity contribution < 1.29 is 14.3 Å². The fourth-order valence-corrected chi connectivity index (χ4v) is 1.56. The molecule has 0 heterocycles. The van der Waals surface area contributed by atoms with Crippen LogP contribution >= 0.6 is 0 Å². The van der Waals surface area contributed by atoms with Crippen LogP contribution in [0.5, 0.6) is 11.5 Å². The number of nitrogens with two attached hydrogens (primary N) is 1. The van der Waals surface area contributed by atoms with Crippen LogP contribution in [0.25, 0.3) is 0 Å². The van der Waals surface area contributed by atoms with Crippen molar-refractivity contribution in [2.45, 2.75) is 33.4 Å². The summed E-state index contributed by atoms with van der Waals surface area (Å²) in [6.45, 7) is 6.48. The molecule has 1 unspecified atom stereocenters. The van der Waals surface area contributed by atoms with Crippen LogP contribution in [-0.2, 0) is 11.3 Å². The van der Waals surface area contributed by atoms with Crippen molar-refractivity contribution in [2.75, 3.05) is 13.7 Å². The lowest BCUT2D eigenvalue weighted by Gasteiger charge is -2.18. The molecule has 1 aromatic rings. The van der Waals surface area contributed by atoms with Gasteiger partial charge in [-0.3, -0.25) is 4.79 Å². The number of nitrogens with one attached hydrogen (secondary N) is 1. The second kappa shape index (κ2) is 7.75. The van der Waals surface area contributed by atoms with E-state index in [0.29, 0.717) is 24.0 Å². The number of carbonyl (C=O) groups is 1. The summed E-state index contributed by atoms with van der Waals surface area (Å²) in [6.07, 6.45) is 0. The average Bonchev–Trinajstić information content (AvgIpc) is 2.44. The minimum Gasteiger partial charge on any atom is -0.493 e. The highest BCUT2D eigenvalue weighted by Crippen LogP contribution is 2.27. The van der Waals surface area contributed by atoms with Gasteiger partial charge in [0.1, 0.15) is 0 Å². The van der Waals surface area contributed by atoms with Crippen molar-refractivity contribution in [3.05, 3.63) is 23.8 Å². The van der Waals surface area contributed by atoms with Crippen LogP contribution in [0.4, 0.5) is 0 Å². The van der Waals surface area contributed by atoms with E-state index in [1.807, 2.05) is 19.1 Å². The molecule has 1 atom stereocenters. The molecule has 5 nitrogen and oxygen atoms in total. The lowest BCUT2D eigenvalue weighted by Crippen LogP contribution is -2.38. The van der Waals surface area contributed by atoms with Crippen LogP contribution in [0, 0.1) is 5.92 Å². The predicted molar refractivity (Wildman–Crippen MR) is 78.8 cm³/mol. The molecule has 1 aromatic carbocycles. The van der Waals surface area contributed by atoms with Gasteiger partial charge in [-0.2, -0.15) is 0 Å². The van der Waals surface area contributed by atoms with Crippen molar-refractivity contribution in [1.82, 2.24) is 5.32 Å². The van der Waals surface area contributed by atoms with E-state index in [2.05, 4.69) is 19.2 Å². The largest absolute Gasteiger partial charge is 0.493 e. The summed E-state index contributed by atoms with van der Waals surface area (Å²) in [5.41, 5.74) is 6.52. The molecule has 0 fully saturated rings. The minimum atomic E-state index is -0.142. The number of carbonyl (C=O) groups excluding carboxylic acids is 1. The van der Waals surface area contributed by atoms with E-state index in [0.717, 1.165) is 5.56 Å². The standard InChI is InChI=1S/C15H24N2O3/c1-10(2)11(3)17-15(18)9-20-13-6-5-12(8-16)7-14(13)19-4/h5-7,10-11H,8-9,16H2,1-4H3,(H,17,18). The molecule has 0 aliphatic rings. The molecule has 0 spiro atoms. The van der Waals surface area contributed by atoms with Gasteiger partial charge < -0.3 is 20.5 Å². The van der Waals surface area contributed by atoms with E-state index < -0.39 is 0 Å². The summed E-state index contributed by atoms with van der Waals surface area (Å²) < 4.78 is 10.7. The van der Waals surface area contributed by atoms with Crippen molar-refractivity contribution >= 4 is 5.91 Å². The van der Waals surface area contributed by atoms with Crippen LogP contribution in [0.1, 0.15) is 26.3 Å². The van der Waals surface area contributed by atoms with E-state index in [1.54, 1.807) is 13.2 Å². The van der Waals surface area contributed by atoms with Gasteiger partial charge in [0.2, 0.25) is 0 Å². The molecule has 0 aromatic heterocycles. The molecule has 0 saturated heterocycles. The van der Waals surface area contributed by atoms with Gasteiger partial charge in [0.15, 0.2) is 18.1 Å². The van der Waals surface area contributed by atoms with Gasteiger partial charge in [-0.1, -0.05) is 19.9 Å². The van der Waals surface area contributed by atoms with Crippen LogP contribution in [0.15, 0.2) is 18.2 Å². The first-order valence-electron chi connectivity index (χ1n) is 6.77. The number of ether oxygens (including phenoxy) is 2. The Morgan fingerprint density at radius 1 is 1.30 bits per heavy atom. The Labute approximate surface area is 120 Å². The first kappa shape index (κ1) is 16.3. The highest BCUT2D eigenvalue weighted by Gasteiger charge is 2.12. The first-order chi connectivity index (χ1) is 9.47. The number of hydrogen-bond acceptors (Lipinski definition) is 4.